The summed E-state index contributed by atoms with van der Waals surface area (Å²) in [5, 5.41) is 13.4. The average Bonchev–Trinajstić information content (AvgIpc) is 3.66. The molecule has 2 N–H and O–H groups in total. The van der Waals surface area contributed by atoms with Crippen LogP contribution < -0.4 is 5.32 Å². The van der Waals surface area contributed by atoms with Crippen molar-refractivity contribution in [3.8, 4) is 16.9 Å². The summed E-state index contributed by atoms with van der Waals surface area (Å²) >= 11 is 6.09. The summed E-state index contributed by atoms with van der Waals surface area (Å²) in [6.45, 7) is 1.26. The molecule has 1 aromatic carbocycles. The molecule has 3 aromatic heterocycles. The van der Waals surface area contributed by atoms with Gasteiger partial charge in [-0.25, -0.2) is 14.4 Å². The molecule has 2 atom stereocenters. The van der Waals surface area contributed by atoms with Crippen molar-refractivity contribution in [1.29, 1.82) is 0 Å². The quantitative estimate of drug-likeness (QED) is 0.359. The maximum Gasteiger partial charge on any atom is 0.247 e. The molecule has 1 saturated heterocycles. The molecular weight excluding hydrogens is 532 g/mol. The van der Waals surface area contributed by atoms with Gasteiger partial charge in [0.1, 0.15) is 18.0 Å². The maximum absolute atomic E-state index is 15.3. The second-order valence-corrected chi connectivity index (χ2v) is 9.60. The Morgan fingerprint density at radius 2 is 2.13 bits per heavy atom. The molecule has 2 aliphatic rings. The first-order valence-corrected chi connectivity index (χ1v) is 12.3. The second kappa shape index (κ2) is 9.66. The second-order valence-electron chi connectivity index (χ2n) is 9.19. The van der Waals surface area contributed by atoms with Gasteiger partial charge in [0.05, 0.1) is 35.6 Å². The van der Waals surface area contributed by atoms with Crippen LogP contribution in [0, 0.1) is 11.8 Å². The molecule has 0 aliphatic carbocycles. The van der Waals surface area contributed by atoms with Gasteiger partial charge in [-0.3, -0.25) is 9.59 Å². The predicted molar refractivity (Wildman–Crippen MR) is 135 cm³/mol. The fourth-order valence-corrected chi connectivity index (χ4v) is 5.32. The van der Waals surface area contributed by atoms with Crippen LogP contribution in [0.1, 0.15) is 45.0 Å². The average molecular weight is 553 g/mol. The number of carbonyl (C=O) groups is 2. The minimum atomic E-state index is -0.945. The molecule has 5 heterocycles. The van der Waals surface area contributed by atoms with Crippen LogP contribution >= 0.6 is 11.6 Å². The van der Waals surface area contributed by atoms with Crippen molar-refractivity contribution >= 4 is 34.8 Å². The van der Waals surface area contributed by atoms with Gasteiger partial charge in [0.2, 0.25) is 17.8 Å². The van der Waals surface area contributed by atoms with Crippen molar-refractivity contribution in [3.05, 3.63) is 71.0 Å². The van der Waals surface area contributed by atoms with E-state index in [0.29, 0.717) is 36.3 Å². The lowest BCUT2D eigenvalue weighted by molar-refractivity contribution is -0.129. The Kier molecular flexibility index (Phi) is 5.84. The van der Waals surface area contributed by atoms with Crippen molar-refractivity contribution in [3.63, 3.8) is 0 Å². The number of fused-ring (bicyclic) bond motifs is 1. The van der Waals surface area contributed by atoms with Gasteiger partial charge in [-0.2, -0.15) is 9.07 Å². The highest BCUT2D eigenvalue weighted by atomic mass is 35.5. The van der Waals surface area contributed by atoms with E-state index in [1.54, 1.807) is 11.0 Å². The van der Waals surface area contributed by atoms with E-state index in [1.165, 1.54) is 42.3 Å². The van der Waals surface area contributed by atoms with Gasteiger partial charge in [-0.15, -0.1) is 5.10 Å². The summed E-state index contributed by atoms with van der Waals surface area (Å²) in [7, 11) is 0. The molecule has 6 rings (SSSR count). The molecule has 0 saturated carbocycles. The highest BCUT2D eigenvalue weighted by Crippen LogP contribution is 2.44. The number of hydrogen-bond acceptors (Lipinski definition) is 7. The third kappa shape index (κ3) is 4.44. The van der Waals surface area contributed by atoms with Crippen molar-refractivity contribution in [2.75, 3.05) is 5.32 Å². The Morgan fingerprint density at radius 1 is 1.28 bits per heavy atom. The van der Waals surface area contributed by atoms with Crippen LogP contribution in [0.2, 0.25) is 5.02 Å². The minimum Gasteiger partial charge on any atom is -0.340 e. The minimum absolute atomic E-state index is 0.0713. The highest BCUT2D eigenvalue weighted by molar-refractivity contribution is 6.31. The first-order chi connectivity index (χ1) is 19.2. The number of aromatic amines is 1. The van der Waals surface area contributed by atoms with Gasteiger partial charge in [-0.1, -0.05) is 11.6 Å². The molecular formula is C25H20ClF2N9O2. The van der Waals surface area contributed by atoms with Crippen molar-refractivity contribution in [2.24, 2.45) is 0 Å². The van der Waals surface area contributed by atoms with Gasteiger partial charge < -0.3 is 15.2 Å². The van der Waals surface area contributed by atoms with E-state index in [-0.39, 0.29) is 45.7 Å². The zero-order valence-corrected chi connectivity index (χ0v) is 21.1. The maximum atomic E-state index is 15.3. The van der Waals surface area contributed by atoms with Gasteiger partial charge in [-0.05, 0) is 59.5 Å². The Balaban J connectivity index is 1.30. The van der Waals surface area contributed by atoms with E-state index in [0.717, 1.165) is 0 Å². The fraction of sp³-hybridized carbons (Fsp3) is 0.240. The third-order valence-corrected chi connectivity index (χ3v) is 7.05. The molecule has 0 bridgehead atoms. The van der Waals surface area contributed by atoms with E-state index in [9.17, 15) is 14.0 Å². The number of aromatic nitrogens is 7. The zero-order valence-electron chi connectivity index (χ0n) is 21.3. The summed E-state index contributed by atoms with van der Waals surface area (Å²) in [5.74, 6) is -2.03. The third-order valence-electron chi connectivity index (χ3n) is 6.76. The number of nitrogens with zero attached hydrogens (tertiary/aromatic N) is 7. The first-order valence-electron chi connectivity index (χ1n) is 12.5. The number of nitrogens with one attached hydrogen (secondary N) is 2. The SMILES string of the molecule is [2H]c1cc(NC(C)=O)nc(F)c1-c1cnc([C@@H]2CC[C@@H]3CC(c4c(-n5cnnn5)ccc(Cl)c4F)=CC(=O)N32)[nH]1. The summed E-state index contributed by atoms with van der Waals surface area (Å²) in [4.78, 5) is 37.5. The summed E-state index contributed by atoms with van der Waals surface area (Å²) in [5.41, 5.74) is 1.10. The number of tetrazole rings is 1. The number of H-pyrrole nitrogens is 1. The van der Waals surface area contributed by atoms with Crippen molar-refractivity contribution in [2.45, 2.75) is 38.3 Å². The lowest BCUT2D eigenvalue weighted by atomic mass is 9.92. The lowest BCUT2D eigenvalue weighted by Crippen LogP contribution is -2.39. The van der Waals surface area contributed by atoms with Crippen LogP contribution in [-0.4, -0.2) is 57.9 Å². The van der Waals surface area contributed by atoms with E-state index in [4.69, 9.17) is 13.0 Å². The highest BCUT2D eigenvalue weighted by Gasteiger charge is 2.42. The molecule has 14 heteroatoms. The van der Waals surface area contributed by atoms with Crippen LogP contribution in [0.5, 0.6) is 0 Å². The number of hydrogen-bond donors (Lipinski definition) is 2. The molecule has 4 aromatic rings. The Morgan fingerprint density at radius 3 is 2.87 bits per heavy atom. The molecule has 198 valence electrons. The molecule has 39 heavy (non-hydrogen) atoms. The molecule has 1 fully saturated rings. The summed E-state index contributed by atoms with van der Waals surface area (Å²) in [6.07, 6.45) is 5.65. The van der Waals surface area contributed by atoms with E-state index >= 15 is 4.39 Å². The van der Waals surface area contributed by atoms with E-state index < -0.39 is 23.7 Å². The number of pyridine rings is 1. The summed E-state index contributed by atoms with van der Waals surface area (Å²) < 4.78 is 39.7. The van der Waals surface area contributed by atoms with Crippen LogP contribution in [0.3, 0.4) is 0 Å². The van der Waals surface area contributed by atoms with Gasteiger partial charge in [0.15, 0.2) is 5.82 Å². The van der Waals surface area contributed by atoms with E-state index in [1.807, 2.05) is 0 Å². The van der Waals surface area contributed by atoms with Crippen LogP contribution in [0.15, 0.2) is 42.8 Å². The first kappa shape index (κ1) is 23.6. The standard InChI is InChI=1S/C25H20ClF2N9O2/c1-12(38)31-20-7-3-15(24(28)33-20)17-10-29-25(32-17)19-5-2-14-8-13(9-21(39)37(14)19)22-18(36-11-30-34-35-36)6-4-16(26)23(22)27/h3-4,6-7,9-11,14,19H,2,5,8H2,1H3,(H,29,32)(H,31,33,38)/t14-,19+/m1/s1/i3D. The number of rotatable bonds is 5. The largest absolute Gasteiger partial charge is 0.340 e. The van der Waals surface area contributed by atoms with Crippen LogP contribution in [-0.2, 0) is 9.59 Å². The fourth-order valence-electron chi connectivity index (χ4n) is 5.16. The Labute approximate surface area is 226 Å². The number of anilines is 1. The molecule has 11 nitrogen and oxygen atoms in total. The predicted octanol–water partition coefficient (Wildman–Crippen LogP) is 3.86. The summed E-state index contributed by atoms with van der Waals surface area (Å²) in [6, 6.07) is 3.37. The number of amides is 2. The smallest absolute Gasteiger partial charge is 0.247 e. The van der Waals surface area contributed by atoms with Crippen LogP contribution in [0.25, 0.3) is 22.5 Å². The molecule has 2 aliphatic heterocycles. The molecule has 0 spiro atoms. The van der Waals surface area contributed by atoms with Crippen LogP contribution in [0.4, 0.5) is 14.6 Å². The number of halogens is 3. The lowest BCUT2D eigenvalue weighted by Gasteiger charge is -2.33. The molecule has 0 radical (unpaired) electrons. The Hall–Kier alpha value is -4.52. The number of benzene rings is 1. The van der Waals surface area contributed by atoms with E-state index in [2.05, 4.69) is 35.8 Å². The Bertz CT molecular complexity index is 1670. The van der Waals surface area contributed by atoms with Crippen molar-refractivity contribution < 1.29 is 19.7 Å². The number of imidazole rings is 1. The zero-order chi connectivity index (χ0) is 28.1. The number of carbonyl (C=O) groups excluding carboxylic acids is 2. The van der Waals surface area contributed by atoms with Crippen molar-refractivity contribution in [1.82, 2.24) is 40.1 Å². The normalized spacial score (nSPS) is 19.1. The molecule has 0 unspecified atom stereocenters. The topological polar surface area (TPSA) is 135 Å². The van der Waals surface area contributed by atoms with Gasteiger partial charge in [0, 0.05) is 24.6 Å². The van der Waals surface area contributed by atoms with Gasteiger partial charge >= 0.3 is 0 Å². The monoisotopic (exact) mass is 552 g/mol. The van der Waals surface area contributed by atoms with Gasteiger partial charge in [0.25, 0.3) is 0 Å². The molecule has 2 amide bonds.